The average molecular weight is 246 g/mol. The van der Waals surface area contributed by atoms with Crippen molar-refractivity contribution in [1.29, 1.82) is 0 Å². The first-order valence-corrected chi connectivity index (χ1v) is 5.39. The maximum Gasteiger partial charge on any atom is 0.334 e. The molecule has 1 fully saturated rings. The summed E-state index contributed by atoms with van der Waals surface area (Å²) < 4.78 is 9.76. The number of hydrogen-bond donors (Lipinski definition) is 3. The fourth-order valence-corrected chi connectivity index (χ4v) is 1.57. The van der Waals surface area contributed by atoms with E-state index in [1.807, 2.05) is 0 Å². The van der Waals surface area contributed by atoms with Crippen LogP contribution in [0.3, 0.4) is 0 Å². The molecule has 0 aromatic heterocycles. The van der Waals surface area contributed by atoms with Crippen molar-refractivity contribution in [3.8, 4) is 0 Å². The third-order valence-electron chi connectivity index (χ3n) is 2.77. The summed E-state index contributed by atoms with van der Waals surface area (Å²) in [5, 5.41) is 13.8. The molecule has 1 atom stereocenters. The van der Waals surface area contributed by atoms with Crippen LogP contribution in [0.4, 0.5) is 4.79 Å². The van der Waals surface area contributed by atoms with E-state index in [9.17, 15) is 9.59 Å². The van der Waals surface area contributed by atoms with E-state index in [0.717, 1.165) is 12.8 Å². The molecule has 7 nitrogen and oxygen atoms in total. The van der Waals surface area contributed by atoms with Gasteiger partial charge in [-0.25, -0.2) is 9.59 Å². The predicted molar refractivity (Wildman–Crippen MR) is 58.8 cm³/mol. The maximum absolute atomic E-state index is 11.4. The summed E-state index contributed by atoms with van der Waals surface area (Å²) in [5.74, 6) is -1.10. The number of aliphatic carboxylic acids is 1. The lowest BCUT2D eigenvalue weighted by Crippen LogP contribution is -2.52. The van der Waals surface area contributed by atoms with Crippen LogP contribution in [0.5, 0.6) is 0 Å². The topological polar surface area (TPSA) is 96.9 Å². The van der Waals surface area contributed by atoms with Crippen molar-refractivity contribution in [3.63, 3.8) is 0 Å². The van der Waals surface area contributed by atoms with Gasteiger partial charge in [-0.2, -0.15) is 0 Å². The Morgan fingerprint density at radius 2 is 2.06 bits per heavy atom. The van der Waals surface area contributed by atoms with Crippen LogP contribution in [-0.2, 0) is 14.3 Å². The molecule has 0 aliphatic heterocycles. The Morgan fingerprint density at radius 1 is 1.41 bits per heavy atom. The maximum atomic E-state index is 11.4. The second-order valence-electron chi connectivity index (χ2n) is 3.94. The highest BCUT2D eigenvalue weighted by Crippen LogP contribution is 2.22. The second kappa shape index (κ2) is 6.41. The zero-order valence-electron chi connectivity index (χ0n) is 9.93. The quantitative estimate of drug-likeness (QED) is 0.590. The molecule has 1 saturated carbocycles. The molecule has 0 spiro atoms. The number of nitrogens with one attached hydrogen (secondary N) is 2. The van der Waals surface area contributed by atoms with E-state index in [1.54, 1.807) is 7.11 Å². The van der Waals surface area contributed by atoms with Gasteiger partial charge in [0.15, 0.2) is 6.10 Å². The molecule has 0 saturated heterocycles. The first kappa shape index (κ1) is 13.7. The van der Waals surface area contributed by atoms with E-state index in [4.69, 9.17) is 9.84 Å². The number of carbonyl (C=O) groups excluding carboxylic acids is 1. The van der Waals surface area contributed by atoms with Crippen molar-refractivity contribution < 1.29 is 24.2 Å². The summed E-state index contributed by atoms with van der Waals surface area (Å²) in [5.41, 5.74) is 0. The molecule has 1 rings (SSSR count). The molecule has 17 heavy (non-hydrogen) atoms. The monoisotopic (exact) mass is 246 g/mol. The lowest BCUT2D eigenvalue weighted by atomic mass is 9.89. The fourth-order valence-electron chi connectivity index (χ4n) is 1.57. The van der Waals surface area contributed by atoms with Gasteiger partial charge in [-0.3, -0.25) is 0 Å². The number of methoxy groups -OCH3 is 2. The van der Waals surface area contributed by atoms with Crippen LogP contribution < -0.4 is 10.6 Å². The second-order valence-corrected chi connectivity index (χ2v) is 3.94. The van der Waals surface area contributed by atoms with E-state index >= 15 is 0 Å². The highest BCUT2D eigenvalue weighted by atomic mass is 16.5. The molecular weight excluding hydrogens is 228 g/mol. The van der Waals surface area contributed by atoms with E-state index < -0.39 is 12.1 Å². The van der Waals surface area contributed by atoms with Gasteiger partial charge in [-0.15, -0.1) is 0 Å². The Kier molecular flexibility index (Phi) is 5.17. The van der Waals surface area contributed by atoms with Gasteiger partial charge < -0.3 is 25.2 Å². The van der Waals surface area contributed by atoms with Crippen LogP contribution in [0.2, 0.25) is 0 Å². The minimum Gasteiger partial charge on any atom is -0.479 e. The van der Waals surface area contributed by atoms with Gasteiger partial charge in [0.05, 0.1) is 12.6 Å². The molecular formula is C10H18N2O5. The summed E-state index contributed by atoms with van der Waals surface area (Å²) >= 11 is 0. The van der Waals surface area contributed by atoms with E-state index in [0.29, 0.717) is 0 Å². The number of carboxylic acid groups (broad SMARTS) is 1. The predicted octanol–water partition coefficient (Wildman–Crippen LogP) is -0.437. The van der Waals surface area contributed by atoms with Crippen molar-refractivity contribution in [3.05, 3.63) is 0 Å². The van der Waals surface area contributed by atoms with Crippen LogP contribution in [0, 0.1) is 0 Å². The first-order valence-electron chi connectivity index (χ1n) is 5.39. The van der Waals surface area contributed by atoms with Crippen LogP contribution >= 0.6 is 0 Å². The molecule has 98 valence electrons. The largest absolute Gasteiger partial charge is 0.479 e. The molecule has 0 radical (unpaired) electrons. The SMILES string of the molecule is COC1CC(NC(=O)NCC(OC)C(=O)O)C1. The van der Waals surface area contributed by atoms with Crippen LogP contribution in [0.1, 0.15) is 12.8 Å². The Morgan fingerprint density at radius 3 is 2.53 bits per heavy atom. The minimum absolute atomic E-state index is 0.0574. The number of hydrogen-bond acceptors (Lipinski definition) is 4. The summed E-state index contributed by atoms with van der Waals surface area (Å²) in [6.07, 6.45) is 0.771. The summed E-state index contributed by atoms with van der Waals surface area (Å²) in [6.45, 7) is -0.0574. The molecule has 1 aliphatic carbocycles. The van der Waals surface area contributed by atoms with E-state index in [2.05, 4.69) is 15.4 Å². The molecule has 0 bridgehead atoms. The van der Waals surface area contributed by atoms with Crippen molar-refractivity contribution in [2.24, 2.45) is 0 Å². The highest BCUT2D eigenvalue weighted by Gasteiger charge is 2.30. The molecule has 2 amide bonds. The Hall–Kier alpha value is -1.34. The summed E-state index contributed by atoms with van der Waals surface area (Å²) in [7, 11) is 2.92. The molecule has 0 aromatic carbocycles. The number of ether oxygens (including phenoxy) is 2. The number of amides is 2. The Labute approximate surface area is 99.5 Å². The molecule has 1 unspecified atom stereocenters. The normalized spacial score (nSPS) is 24.6. The smallest absolute Gasteiger partial charge is 0.334 e. The van der Waals surface area contributed by atoms with E-state index in [-0.39, 0.29) is 24.7 Å². The molecule has 0 aromatic rings. The summed E-state index contributed by atoms with van der Waals surface area (Å²) in [4.78, 5) is 22.0. The molecule has 0 heterocycles. The average Bonchev–Trinajstić information content (AvgIpc) is 2.23. The van der Waals surface area contributed by atoms with Crippen molar-refractivity contribution in [2.75, 3.05) is 20.8 Å². The van der Waals surface area contributed by atoms with Gasteiger partial charge in [-0.05, 0) is 12.8 Å². The summed E-state index contributed by atoms with van der Waals surface area (Å²) in [6, 6.07) is -0.279. The van der Waals surface area contributed by atoms with Gasteiger partial charge in [0, 0.05) is 20.3 Å². The van der Waals surface area contributed by atoms with Crippen LogP contribution in [0.25, 0.3) is 0 Å². The lowest BCUT2D eigenvalue weighted by molar-refractivity contribution is -0.147. The number of urea groups is 1. The fraction of sp³-hybridized carbons (Fsp3) is 0.800. The standard InChI is InChI=1S/C10H18N2O5/c1-16-7-3-6(4-7)12-10(15)11-5-8(17-2)9(13)14/h6-8H,3-5H2,1-2H3,(H,13,14)(H2,11,12,15). The van der Waals surface area contributed by atoms with Gasteiger partial charge in [-0.1, -0.05) is 0 Å². The van der Waals surface area contributed by atoms with Crippen LogP contribution in [-0.4, -0.2) is 56.1 Å². The zero-order valence-corrected chi connectivity index (χ0v) is 9.93. The first-order chi connectivity index (χ1) is 8.06. The van der Waals surface area contributed by atoms with Gasteiger partial charge in [0.2, 0.25) is 0 Å². The van der Waals surface area contributed by atoms with Crippen molar-refractivity contribution in [2.45, 2.75) is 31.1 Å². The third kappa shape index (κ3) is 4.20. The third-order valence-corrected chi connectivity index (χ3v) is 2.77. The Bertz CT molecular complexity index is 278. The number of rotatable bonds is 6. The van der Waals surface area contributed by atoms with E-state index in [1.165, 1.54) is 7.11 Å². The van der Waals surface area contributed by atoms with Crippen LogP contribution in [0.15, 0.2) is 0 Å². The lowest BCUT2D eigenvalue weighted by Gasteiger charge is -2.34. The van der Waals surface area contributed by atoms with Crippen molar-refractivity contribution in [1.82, 2.24) is 10.6 Å². The molecule has 1 aliphatic rings. The minimum atomic E-state index is -1.10. The van der Waals surface area contributed by atoms with Gasteiger partial charge in [0.25, 0.3) is 0 Å². The van der Waals surface area contributed by atoms with Gasteiger partial charge >= 0.3 is 12.0 Å². The molecule has 3 N–H and O–H groups in total. The van der Waals surface area contributed by atoms with Crippen molar-refractivity contribution >= 4 is 12.0 Å². The number of carboxylic acids is 1. The Balaban J connectivity index is 2.15. The molecule has 7 heteroatoms. The zero-order chi connectivity index (χ0) is 12.8. The number of carbonyl (C=O) groups is 2. The van der Waals surface area contributed by atoms with Gasteiger partial charge in [0.1, 0.15) is 0 Å². The highest BCUT2D eigenvalue weighted by molar-refractivity contribution is 5.77.